The van der Waals surface area contributed by atoms with E-state index in [1.54, 1.807) is 6.07 Å². The summed E-state index contributed by atoms with van der Waals surface area (Å²) in [4.78, 5) is 3.89. The van der Waals surface area contributed by atoms with Gasteiger partial charge in [0.05, 0.1) is 22.3 Å². The van der Waals surface area contributed by atoms with Crippen molar-refractivity contribution in [3.05, 3.63) is 51.5 Å². The minimum Gasteiger partial charge on any atom is -0.454 e. The third-order valence-corrected chi connectivity index (χ3v) is 3.14. The fourth-order valence-electron chi connectivity index (χ4n) is 1.33. The number of aromatic nitrogens is 1. The van der Waals surface area contributed by atoms with Crippen molar-refractivity contribution in [3.8, 4) is 11.5 Å². The first-order chi connectivity index (χ1) is 8.61. The van der Waals surface area contributed by atoms with E-state index in [-0.39, 0.29) is 17.4 Å². The third kappa shape index (κ3) is 2.80. The molecular formula is C12H8BrClFNO2. The summed E-state index contributed by atoms with van der Waals surface area (Å²) >= 11 is 8.86. The van der Waals surface area contributed by atoms with Crippen LogP contribution in [-0.2, 0) is 6.61 Å². The van der Waals surface area contributed by atoms with Gasteiger partial charge in [0.1, 0.15) is 11.6 Å². The molecule has 1 aromatic heterocycles. The first-order valence-electron chi connectivity index (χ1n) is 4.98. The average Bonchev–Trinajstić information content (AvgIpc) is 2.36. The molecule has 0 saturated heterocycles. The Morgan fingerprint density at radius 1 is 1.39 bits per heavy atom. The van der Waals surface area contributed by atoms with E-state index < -0.39 is 5.82 Å². The van der Waals surface area contributed by atoms with Crippen molar-refractivity contribution in [2.75, 3.05) is 0 Å². The molecule has 0 atom stereocenters. The van der Waals surface area contributed by atoms with Gasteiger partial charge in [-0.1, -0.05) is 11.6 Å². The molecule has 0 bridgehead atoms. The first-order valence-corrected chi connectivity index (χ1v) is 6.15. The molecule has 0 spiro atoms. The van der Waals surface area contributed by atoms with Gasteiger partial charge in [-0.25, -0.2) is 4.39 Å². The second-order valence-corrected chi connectivity index (χ2v) is 4.70. The van der Waals surface area contributed by atoms with Crippen LogP contribution in [0, 0.1) is 5.82 Å². The van der Waals surface area contributed by atoms with Gasteiger partial charge < -0.3 is 9.84 Å². The Balaban J connectivity index is 2.37. The van der Waals surface area contributed by atoms with Crippen LogP contribution in [0.25, 0.3) is 0 Å². The van der Waals surface area contributed by atoms with Crippen LogP contribution >= 0.6 is 27.5 Å². The minimum atomic E-state index is -0.579. The topological polar surface area (TPSA) is 42.4 Å². The zero-order valence-electron chi connectivity index (χ0n) is 9.03. The van der Waals surface area contributed by atoms with Crippen molar-refractivity contribution in [2.24, 2.45) is 0 Å². The van der Waals surface area contributed by atoms with Crippen molar-refractivity contribution in [2.45, 2.75) is 6.61 Å². The van der Waals surface area contributed by atoms with E-state index in [2.05, 4.69) is 20.9 Å². The number of ether oxygens (including phenoxy) is 1. The lowest BCUT2D eigenvalue weighted by Crippen LogP contribution is -1.94. The fourth-order valence-corrected chi connectivity index (χ4v) is 2.05. The Morgan fingerprint density at radius 3 is 2.89 bits per heavy atom. The number of nitrogens with zero attached hydrogens (tertiary/aromatic N) is 1. The summed E-state index contributed by atoms with van der Waals surface area (Å²) in [6.07, 6.45) is 2.99. The van der Waals surface area contributed by atoms with Crippen LogP contribution in [0.5, 0.6) is 11.5 Å². The number of aliphatic hydroxyl groups excluding tert-OH is 1. The van der Waals surface area contributed by atoms with Gasteiger partial charge in [0.25, 0.3) is 0 Å². The van der Waals surface area contributed by atoms with E-state index in [4.69, 9.17) is 21.4 Å². The summed E-state index contributed by atoms with van der Waals surface area (Å²) in [5.41, 5.74) is 0.562. The molecule has 1 heterocycles. The average molecular weight is 333 g/mol. The Bertz CT molecular complexity index is 580. The Kier molecular flexibility index (Phi) is 4.16. The van der Waals surface area contributed by atoms with Crippen LogP contribution in [0.15, 0.2) is 35.1 Å². The van der Waals surface area contributed by atoms with Gasteiger partial charge in [-0.3, -0.25) is 4.98 Å². The molecule has 0 aliphatic carbocycles. The Labute approximate surface area is 116 Å². The summed E-state index contributed by atoms with van der Waals surface area (Å²) in [6, 6.07) is 4.19. The third-order valence-electron chi connectivity index (χ3n) is 2.24. The van der Waals surface area contributed by atoms with Crippen LogP contribution in [-0.4, -0.2) is 10.1 Å². The van der Waals surface area contributed by atoms with Crippen molar-refractivity contribution < 1.29 is 14.2 Å². The molecule has 0 aliphatic heterocycles. The summed E-state index contributed by atoms with van der Waals surface area (Å²) in [5, 5.41) is 9.15. The molecule has 2 aromatic rings. The number of hydrogen-bond donors (Lipinski definition) is 1. The number of pyridine rings is 1. The molecular weight excluding hydrogens is 324 g/mol. The monoisotopic (exact) mass is 331 g/mol. The molecule has 0 amide bonds. The number of halogens is 3. The van der Waals surface area contributed by atoms with Gasteiger partial charge in [0, 0.05) is 17.8 Å². The largest absolute Gasteiger partial charge is 0.454 e. The molecule has 1 N–H and O–H groups in total. The maximum atomic E-state index is 13.3. The van der Waals surface area contributed by atoms with Crippen LogP contribution in [0.1, 0.15) is 5.56 Å². The number of hydrogen-bond acceptors (Lipinski definition) is 3. The molecule has 2 rings (SSSR count). The van der Waals surface area contributed by atoms with Crippen molar-refractivity contribution in [1.82, 2.24) is 4.98 Å². The maximum absolute atomic E-state index is 13.3. The van der Waals surface area contributed by atoms with Gasteiger partial charge >= 0.3 is 0 Å². The Morgan fingerprint density at radius 2 is 2.17 bits per heavy atom. The summed E-state index contributed by atoms with van der Waals surface area (Å²) in [6.45, 7) is -0.189. The lowest BCUT2D eigenvalue weighted by Gasteiger charge is -2.11. The summed E-state index contributed by atoms with van der Waals surface area (Å²) < 4.78 is 19.4. The molecule has 94 valence electrons. The van der Waals surface area contributed by atoms with E-state index in [0.717, 1.165) is 0 Å². The fraction of sp³-hybridized carbons (Fsp3) is 0.0833. The summed E-state index contributed by atoms with van der Waals surface area (Å²) in [5.74, 6) is 0.0475. The highest BCUT2D eigenvalue weighted by Gasteiger charge is 2.11. The molecule has 3 nitrogen and oxygen atoms in total. The zero-order chi connectivity index (χ0) is 13.1. The maximum Gasteiger partial charge on any atom is 0.151 e. The van der Waals surface area contributed by atoms with E-state index in [0.29, 0.717) is 15.8 Å². The molecule has 1 aromatic carbocycles. The molecule has 6 heteroatoms. The number of aliphatic hydroxyl groups is 1. The van der Waals surface area contributed by atoms with Crippen molar-refractivity contribution in [3.63, 3.8) is 0 Å². The summed E-state index contributed by atoms with van der Waals surface area (Å²) in [7, 11) is 0. The highest BCUT2D eigenvalue weighted by molar-refractivity contribution is 9.10. The van der Waals surface area contributed by atoms with Crippen LogP contribution in [0.3, 0.4) is 0 Å². The first kappa shape index (κ1) is 13.3. The quantitative estimate of drug-likeness (QED) is 0.866. The molecule has 18 heavy (non-hydrogen) atoms. The van der Waals surface area contributed by atoms with Gasteiger partial charge in [-0.2, -0.15) is 0 Å². The number of benzene rings is 1. The lowest BCUT2D eigenvalue weighted by atomic mass is 10.2. The van der Waals surface area contributed by atoms with Crippen LogP contribution < -0.4 is 4.74 Å². The molecule has 0 aliphatic rings. The standard InChI is InChI=1S/C12H8BrClFNO2/c13-8-3-9(14)10(15)4-11(8)18-12-5-16-2-1-7(12)6-17/h1-5,17H,6H2. The molecule has 0 fully saturated rings. The van der Waals surface area contributed by atoms with E-state index in [9.17, 15) is 4.39 Å². The predicted octanol–water partition coefficient (Wildman–Crippen LogP) is 3.92. The molecule has 0 radical (unpaired) electrons. The van der Waals surface area contributed by atoms with Gasteiger partial charge in [-0.15, -0.1) is 0 Å². The van der Waals surface area contributed by atoms with Crippen LogP contribution in [0.4, 0.5) is 4.39 Å². The lowest BCUT2D eigenvalue weighted by molar-refractivity contribution is 0.276. The SMILES string of the molecule is OCc1ccncc1Oc1cc(F)c(Cl)cc1Br. The normalized spacial score (nSPS) is 10.4. The second-order valence-electron chi connectivity index (χ2n) is 3.44. The van der Waals surface area contributed by atoms with Crippen LogP contribution in [0.2, 0.25) is 5.02 Å². The zero-order valence-corrected chi connectivity index (χ0v) is 11.4. The Hall–Kier alpha value is -1.17. The number of rotatable bonds is 3. The van der Waals surface area contributed by atoms with Crippen molar-refractivity contribution in [1.29, 1.82) is 0 Å². The highest BCUT2D eigenvalue weighted by Crippen LogP contribution is 2.34. The smallest absolute Gasteiger partial charge is 0.151 e. The second kappa shape index (κ2) is 5.65. The van der Waals surface area contributed by atoms with Gasteiger partial charge in [-0.05, 0) is 28.1 Å². The van der Waals surface area contributed by atoms with E-state index in [1.165, 1.54) is 24.5 Å². The predicted molar refractivity (Wildman–Crippen MR) is 69.3 cm³/mol. The van der Waals surface area contributed by atoms with Gasteiger partial charge in [0.15, 0.2) is 5.75 Å². The molecule has 0 saturated carbocycles. The highest BCUT2D eigenvalue weighted by atomic mass is 79.9. The van der Waals surface area contributed by atoms with E-state index in [1.807, 2.05) is 0 Å². The van der Waals surface area contributed by atoms with E-state index >= 15 is 0 Å². The van der Waals surface area contributed by atoms with Crippen molar-refractivity contribution >= 4 is 27.5 Å². The molecule has 0 unspecified atom stereocenters. The minimum absolute atomic E-state index is 0.00259. The van der Waals surface area contributed by atoms with Gasteiger partial charge in [0.2, 0.25) is 0 Å².